The summed E-state index contributed by atoms with van der Waals surface area (Å²) >= 11 is 0. The van der Waals surface area contributed by atoms with E-state index in [0.717, 1.165) is 17.5 Å². The third-order valence-electron chi connectivity index (χ3n) is 1.77. The van der Waals surface area contributed by atoms with Crippen LogP contribution in [0.4, 0.5) is 0 Å². The van der Waals surface area contributed by atoms with Gasteiger partial charge in [-0.1, -0.05) is 29.4 Å². The van der Waals surface area contributed by atoms with Crippen LogP contribution in [0.2, 0.25) is 0 Å². The first-order valence-corrected chi connectivity index (χ1v) is 4.06. The van der Waals surface area contributed by atoms with Gasteiger partial charge in [0, 0.05) is 11.5 Å². The molecule has 1 aromatic carbocycles. The standard InChI is InChI=1S/C9H11N3O/c10-12-11-6-5-8-1-3-9(7-13)4-2-8/h1-4,13H,5-7H2. The lowest BCUT2D eigenvalue weighted by molar-refractivity contribution is 0.282. The van der Waals surface area contributed by atoms with Gasteiger partial charge in [-0.25, -0.2) is 0 Å². The minimum atomic E-state index is 0.0661. The molecule has 1 N–H and O–H groups in total. The second-order valence-electron chi connectivity index (χ2n) is 2.68. The van der Waals surface area contributed by atoms with Crippen molar-refractivity contribution in [3.05, 3.63) is 45.8 Å². The molecule has 0 spiro atoms. The summed E-state index contributed by atoms with van der Waals surface area (Å²) in [7, 11) is 0. The first kappa shape index (κ1) is 9.58. The lowest BCUT2D eigenvalue weighted by Gasteiger charge is -1.99. The number of nitrogens with zero attached hydrogens (tertiary/aromatic N) is 3. The van der Waals surface area contributed by atoms with Gasteiger partial charge in [-0.3, -0.25) is 0 Å². The molecule has 4 nitrogen and oxygen atoms in total. The minimum absolute atomic E-state index is 0.0661. The molecule has 0 aliphatic carbocycles. The molecule has 0 heterocycles. The summed E-state index contributed by atoms with van der Waals surface area (Å²) < 4.78 is 0. The topological polar surface area (TPSA) is 69.0 Å². The third kappa shape index (κ3) is 3.15. The molecule has 0 aromatic heterocycles. The van der Waals surface area contributed by atoms with Crippen molar-refractivity contribution in [2.24, 2.45) is 5.11 Å². The van der Waals surface area contributed by atoms with E-state index in [-0.39, 0.29) is 6.61 Å². The highest BCUT2D eigenvalue weighted by molar-refractivity contribution is 5.22. The summed E-state index contributed by atoms with van der Waals surface area (Å²) in [6.07, 6.45) is 0.746. The Morgan fingerprint density at radius 3 is 2.38 bits per heavy atom. The molecule has 0 unspecified atom stereocenters. The Morgan fingerprint density at radius 1 is 1.23 bits per heavy atom. The first-order chi connectivity index (χ1) is 6.36. The van der Waals surface area contributed by atoms with Crippen LogP contribution < -0.4 is 0 Å². The average Bonchev–Trinajstić information content (AvgIpc) is 2.19. The molecule has 0 radical (unpaired) electrons. The maximum Gasteiger partial charge on any atom is 0.0681 e. The maximum absolute atomic E-state index is 8.78. The van der Waals surface area contributed by atoms with Crippen molar-refractivity contribution < 1.29 is 5.11 Å². The van der Waals surface area contributed by atoms with Crippen LogP contribution >= 0.6 is 0 Å². The van der Waals surface area contributed by atoms with Gasteiger partial charge in [0.25, 0.3) is 0 Å². The molecule has 4 heteroatoms. The number of hydrogen-bond donors (Lipinski definition) is 1. The lowest BCUT2D eigenvalue weighted by Crippen LogP contribution is -1.89. The van der Waals surface area contributed by atoms with Gasteiger partial charge in [-0.05, 0) is 23.1 Å². The fourth-order valence-electron chi connectivity index (χ4n) is 1.04. The van der Waals surface area contributed by atoms with E-state index in [2.05, 4.69) is 10.0 Å². The molecule has 0 fully saturated rings. The van der Waals surface area contributed by atoms with Crippen LogP contribution in [0.1, 0.15) is 11.1 Å². The van der Waals surface area contributed by atoms with Crippen LogP contribution in [0.5, 0.6) is 0 Å². The first-order valence-electron chi connectivity index (χ1n) is 4.06. The molecule has 0 bridgehead atoms. The largest absolute Gasteiger partial charge is 0.392 e. The molecular formula is C9H11N3O. The molecule has 1 rings (SSSR count). The summed E-state index contributed by atoms with van der Waals surface area (Å²) in [5, 5.41) is 12.2. The van der Waals surface area contributed by atoms with E-state index >= 15 is 0 Å². The van der Waals surface area contributed by atoms with Crippen molar-refractivity contribution in [1.29, 1.82) is 0 Å². The Bertz CT molecular complexity index is 301. The van der Waals surface area contributed by atoms with Gasteiger partial charge in [-0.15, -0.1) is 0 Å². The molecule has 0 amide bonds. The van der Waals surface area contributed by atoms with E-state index in [1.165, 1.54) is 0 Å². The van der Waals surface area contributed by atoms with Crippen molar-refractivity contribution in [1.82, 2.24) is 0 Å². The number of aliphatic hydroxyl groups excluding tert-OH is 1. The van der Waals surface area contributed by atoms with Gasteiger partial charge < -0.3 is 5.11 Å². The quantitative estimate of drug-likeness (QED) is 0.426. The van der Waals surface area contributed by atoms with Crippen molar-refractivity contribution in [2.45, 2.75) is 13.0 Å². The monoisotopic (exact) mass is 177 g/mol. The Kier molecular flexibility index (Phi) is 3.82. The van der Waals surface area contributed by atoms with Crippen LogP contribution in [-0.2, 0) is 13.0 Å². The van der Waals surface area contributed by atoms with Gasteiger partial charge in [0.1, 0.15) is 0 Å². The average molecular weight is 177 g/mol. The third-order valence-corrected chi connectivity index (χ3v) is 1.77. The van der Waals surface area contributed by atoms with Crippen LogP contribution in [0.25, 0.3) is 10.4 Å². The maximum atomic E-state index is 8.78. The SMILES string of the molecule is [N-]=[N+]=NCCc1ccc(CO)cc1. The Hall–Kier alpha value is -1.51. The van der Waals surface area contributed by atoms with Gasteiger partial charge >= 0.3 is 0 Å². The number of aliphatic hydroxyl groups is 1. The van der Waals surface area contributed by atoms with E-state index in [4.69, 9.17) is 10.6 Å². The molecule has 0 saturated heterocycles. The summed E-state index contributed by atoms with van der Waals surface area (Å²) in [5.74, 6) is 0. The highest BCUT2D eigenvalue weighted by atomic mass is 16.3. The van der Waals surface area contributed by atoms with Gasteiger partial charge in [-0.2, -0.15) is 0 Å². The van der Waals surface area contributed by atoms with E-state index in [9.17, 15) is 0 Å². The molecular weight excluding hydrogens is 166 g/mol. The number of benzene rings is 1. The Morgan fingerprint density at radius 2 is 1.85 bits per heavy atom. The molecule has 13 heavy (non-hydrogen) atoms. The zero-order chi connectivity index (χ0) is 9.52. The van der Waals surface area contributed by atoms with Crippen LogP contribution in [0.3, 0.4) is 0 Å². The van der Waals surface area contributed by atoms with Crippen molar-refractivity contribution in [3.8, 4) is 0 Å². The second-order valence-corrected chi connectivity index (χ2v) is 2.68. The van der Waals surface area contributed by atoms with Crippen molar-refractivity contribution in [3.63, 3.8) is 0 Å². The predicted octanol–water partition coefficient (Wildman–Crippen LogP) is 2.03. The Labute approximate surface area is 76.5 Å². The molecule has 0 aliphatic heterocycles. The highest BCUT2D eigenvalue weighted by Gasteiger charge is 1.92. The van der Waals surface area contributed by atoms with Gasteiger partial charge in [0.2, 0.25) is 0 Å². The smallest absolute Gasteiger partial charge is 0.0681 e. The normalized spacial score (nSPS) is 9.31. The summed E-state index contributed by atoms with van der Waals surface area (Å²) in [5.41, 5.74) is 10.1. The molecule has 0 aliphatic rings. The van der Waals surface area contributed by atoms with E-state index < -0.39 is 0 Å². The predicted molar refractivity (Wildman–Crippen MR) is 50.1 cm³/mol. The van der Waals surface area contributed by atoms with Crippen LogP contribution in [-0.4, -0.2) is 11.7 Å². The molecule has 0 saturated carbocycles. The van der Waals surface area contributed by atoms with Crippen molar-refractivity contribution >= 4 is 0 Å². The van der Waals surface area contributed by atoms with Gasteiger partial charge in [0.05, 0.1) is 6.61 Å². The molecule has 0 atom stereocenters. The summed E-state index contributed by atoms with van der Waals surface area (Å²) in [6, 6.07) is 7.59. The second kappa shape index (κ2) is 5.19. The fraction of sp³-hybridized carbons (Fsp3) is 0.333. The van der Waals surface area contributed by atoms with E-state index in [1.54, 1.807) is 0 Å². The van der Waals surface area contributed by atoms with Crippen LogP contribution in [0, 0.1) is 0 Å². The molecule has 68 valence electrons. The fourth-order valence-corrected chi connectivity index (χ4v) is 1.04. The van der Waals surface area contributed by atoms with Crippen molar-refractivity contribution in [2.75, 3.05) is 6.54 Å². The zero-order valence-corrected chi connectivity index (χ0v) is 7.22. The minimum Gasteiger partial charge on any atom is -0.392 e. The van der Waals surface area contributed by atoms with Gasteiger partial charge in [0.15, 0.2) is 0 Å². The number of azide groups is 1. The van der Waals surface area contributed by atoms with E-state index in [0.29, 0.717) is 6.54 Å². The number of rotatable bonds is 4. The highest BCUT2D eigenvalue weighted by Crippen LogP contribution is 2.04. The number of hydrogen-bond acceptors (Lipinski definition) is 2. The van der Waals surface area contributed by atoms with E-state index in [1.807, 2.05) is 24.3 Å². The lowest BCUT2D eigenvalue weighted by atomic mass is 10.1. The molecule has 1 aromatic rings. The summed E-state index contributed by atoms with van der Waals surface area (Å²) in [4.78, 5) is 2.67. The van der Waals surface area contributed by atoms with Crippen LogP contribution in [0.15, 0.2) is 29.4 Å². The zero-order valence-electron chi connectivity index (χ0n) is 7.22. The Balaban J connectivity index is 2.53. The summed E-state index contributed by atoms with van der Waals surface area (Å²) in [6.45, 7) is 0.547.